The summed E-state index contributed by atoms with van der Waals surface area (Å²) in [5.41, 5.74) is 11.0. The van der Waals surface area contributed by atoms with Gasteiger partial charge in [-0.2, -0.15) is 10.4 Å². The molecule has 2 heterocycles. The molecule has 1 aromatic heterocycles. The van der Waals surface area contributed by atoms with Crippen LogP contribution < -0.4 is 10.6 Å². The molecule has 0 spiro atoms. The first-order chi connectivity index (χ1) is 15.6. The number of Topliss-reactive ketones (excluding diaryl/α,β-unsaturated/α-hetero) is 1. The van der Waals surface area contributed by atoms with Gasteiger partial charge in [-0.05, 0) is 36.1 Å². The van der Waals surface area contributed by atoms with Crippen LogP contribution in [0.3, 0.4) is 0 Å². The number of aromatic nitrogens is 2. The number of nitrogens with zero attached hydrogens (tertiary/aromatic N) is 3. The highest BCUT2D eigenvalue weighted by molar-refractivity contribution is 6.30. The average Bonchev–Trinajstić information content (AvgIpc) is 3.29. The Bertz CT molecular complexity index is 1300. The van der Waals surface area contributed by atoms with Crippen LogP contribution in [0.2, 0.25) is 5.02 Å². The summed E-state index contributed by atoms with van der Waals surface area (Å²) < 4.78 is 0. The predicted molar refractivity (Wildman–Crippen MR) is 123 cm³/mol. The first-order valence-electron chi connectivity index (χ1n) is 10.4. The highest BCUT2D eigenvalue weighted by Crippen LogP contribution is 2.46. The van der Waals surface area contributed by atoms with Gasteiger partial charge in [0.1, 0.15) is 5.82 Å². The minimum absolute atomic E-state index is 0.0545. The van der Waals surface area contributed by atoms with Crippen molar-refractivity contribution in [3.8, 4) is 17.3 Å². The van der Waals surface area contributed by atoms with E-state index in [2.05, 4.69) is 16.3 Å². The van der Waals surface area contributed by atoms with Crippen LogP contribution in [0.1, 0.15) is 30.7 Å². The number of hydrogen-bond acceptors (Lipinski definition) is 5. The molecule has 3 N–H and O–H groups in total. The largest absolute Gasteiger partial charge is 0.384 e. The molecule has 158 valence electrons. The number of aromatic amines is 1. The van der Waals surface area contributed by atoms with Crippen LogP contribution in [-0.2, 0) is 4.79 Å². The summed E-state index contributed by atoms with van der Waals surface area (Å²) in [7, 11) is 0. The first kappa shape index (κ1) is 20.1. The Hall–Kier alpha value is -3.82. The number of carbonyl (C=O) groups is 1. The SMILES string of the molecule is N#CC1=C(N)N(c2cc(-c3ccc(Cl)cc3)[nH]n2)C2=C(C(=O)CCC2)C1c1ccccc1. The van der Waals surface area contributed by atoms with E-state index in [-0.39, 0.29) is 5.78 Å². The fourth-order valence-corrected chi connectivity index (χ4v) is 4.66. The van der Waals surface area contributed by atoms with Gasteiger partial charge in [0.15, 0.2) is 11.6 Å². The van der Waals surface area contributed by atoms with Gasteiger partial charge in [0.2, 0.25) is 0 Å². The van der Waals surface area contributed by atoms with Crippen LogP contribution >= 0.6 is 11.6 Å². The summed E-state index contributed by atoms with van der Waals surface area (Å²) >= 11 is 6.01. The molecule has 6 nitrogen and oxygen atoms in total. The average molecular weight is 442 g/mol. The quantitative estimate of drug-likeness (QED) is 0.593. The number of nitriles is 1. The molecule has 7 heteroatoms. The smallest absolute Gasteiger partial charge is 0.161 e. The molecule has 2 aliphatic rings. The molecule has 2 aromatic carbocycles. The summed E-state index contributed by atoms with van der Waals surface area (Å²) in [5, 5.41) is 18.2. The minimum Gasteiger partial charge on any atom is -0.384 e. The number of ketones is 1. The molecule has 0 amide bonds. The molecule has 0 bridgehead atoms. The third kappa shape index (κ3) is 3.28. The Morgan fingerprint density at radius 3 is 2.59 bits per heavy atom. The molecular weight excluding hydrogens is 422 g/mol. The van der Waals surface area contributed by atoms with E-state index >= 15 is 0 Å². The molecule has 1 aliphatic heterocycles. The highest BCUT2D eigenvalue weighted by atomic mass is 35.5. The zero-order chi connectivity index (χ0) is 22.2. The van der Waals surface area contributed by atoms with Gasteiger partial charge < -0.3 is 5.73 Å². The molecule has 1 unspecified atom stereocenters. The van der Waals surface area contributed by atoms with Gasteiger partial charge in [-0.1, -0.05) is 54.1 Å². The third-order valence-corrected chi connectivity index (χ3v) is 6.25. The topological polar surface area (TPSA) is 98.8 Å². The van der Waals surface area contributed by atoms with Gasteiger partial charge in [-0.25, -0.2) is 0 Å². The maximum Gasteiger partial charge on any atom is 0.161 e. The van der Waals surface area contributed by atoms with Crippen LogP contribution in [0.4, 0.5) is 5.82 Å². The van der Waals surface area contributed by atoms with Crippen molar-refractivity contribution in [2.24, 2.45) is 5.73 Å². The molecule has 1 aliphatic carbocycles. The van der Waals surface area contributed by atoms with Crippen molar-refractivity contribution in [1.82, 2.24) is 10.2 Å². The lowest BCUT2D eigenvalue weighted by molar-refractivity contribution is -0.116. The normalized spacial score (nSPS) is 18.6. The summed E-state index contributed by atoms with van der Waals surface area (Å²) in [6.45, 7) is 0. The number of allylic oxidation sites excluding steroid dienone is 3. The van der Waals surface area contributed by atoms with Gasteiger partial charge in [-0.3, -0.25) is 14.8 Å². The Morgan fingerprint density at radius 1 is 1.12 bits per heavy atom. The van der Waals surface area contributed by atoms with E-state index in [4.69, 9.17) is 17.3 Å². The lowest BCUT2D eigenvalue weighted by Gasteiger charge is -2.38. The van der Waals surface area contributed by atoms with Crippen LogP contribution in [-0.4, -0.2) is 16.0 Å². The number of H-pyrrole nitrogens is 1. The van der Waals surface area contributed by atoms with Gasteiger partial charge in [0.25, 0.3) is 0 Å². The highest BCUT2D eigenvalue weighted by Gasteiger charge is 2.40. The van der Waals surface area contributed by atoms with Crippen molar-refractivity contribution in [1.29, 1.82) is 5.26 Å². The van der Waals surface area contributed by atoms with E-state index in [0.29, 0.717) is 40.6 Å². The molecule has 3 aromatic rings. The van der Waals surface area contributed by atoms with Crippen molar-refractivity contribution < 1.29 is 4.79 Å². The summed E-state index contributed by atoms with van der Waals surface area (Å²) in [4.78, 5) is 14.9. The van der Waals surface area contributed by atoms with E-state index in [1.807, 2.05) is 60.7 Å². The fourth-order valence-electron chi connectivity index (χ4n) is 4.53. The Morgan fingerprint density at radius 2 is 1.88 bits per heavy atom. The summed E-state index contributed by atoms with van der Waals surface area (Å²) in [6, 6.07) is 21.2. The summed E-state index contributed by atoms with van der Waals surface area (Å²) in [5.74, 6) is 0.451. The Balaban J connectivity index is 1.66. The van der Waals surface area contributed by atoms with Crippen molar-refractivity contribution in [3.05, 3.63) is 93.9 Å². The van der Waals surface area contributed by atoms with Crippen LogP contribution in [0.25, 0.3) is 11.3 Å². The van der Waals surface area contributed by atoms with Gasteiger partial charge in [-0.15, -0.1) is 0 Å². The molecule has 0 radical (unpaired) electrons. The molecule has 0 saturated heterocycles. The zero-order valence-electron chi connectivity index (χ0n) is 17.2. The fraction of sp³-hybridized carbons (Fsp3) is 0.160. The van der Waals surface area contributed by atoms with Crippen molar-refractivity contribution in [2.45, 2.75) is 25.2 Å². The van der Waals surface area contributed by atoms with E-state index in [0.717, 1.165) is 28.9 Å². The number of benzene rings is 2. The molecule has 5 rings (SSSR count). The minimum atomic E-state index is -0.463. The van der Waals surface area contributed by atoms with E-state index in [1.54, 1.807) is 4.90 Å². The van der Waals surface area contributed by atoms with Crippen molar-refractivity contribution in [2.75, 3.05) is 4.90 Å². The van der Waals surface area contributed by atoms with Crippen molar-refractivity contribution >= 4 is 23.2 Å². The van der Waals surface area contributed by atoms with E-state index in [1.165, 1.54) is 0 Å². The summed E-state index contributed by atoms with van der Waals surface area (Å²) in [6.07, 6.45) is 1.89. The maximum absolute atomic E-state index is 13.1. The van der Waals surface area contributed by atoms with Crippen LogP contribution in [0.5, 0.6) is 0 Å². The maximum atomic E-state index is 13.1. The van der Waals surface area contributed by atoms with Gasteiger partial charge in [0.05, 0.1) is 23.3 Å². The Kier molecular flexibility index (Phi) is 5.04. The predicted octanol–water partition coefficient (Wildman–Crippen LogP) is 5.03. The molecular formula is C25H20ClN5O. The second kappa shape index (κ2) is 8.03. The number of carbonyl (C=O) groups excluding carboxylic acids is 1. The number of halogens is 1. The number of hydrogen-bond donors (Lipinski definition) is 2. The zero-order valence-corrected chi connectivity index (χ0v) is 17.9. The molecule has 0 fully saturated rings. The lowest BCUT2D eigenvalue weighted by Crippen LogP contribution is -2.38. The first-order valence-corrected chi connectivity index (χ1v) is 10.8. The van der Waals surface area contributed by atoms with E-state index in [9.17, 15) is 10.1 Å². The monoisotopic (exact) mass is 441 g/mol. The second-order valence-electron chi connectivity index (χ2n) is 7.87. The van der Waals surface area contributed by atoms with Gasteiger partial charge in [0, 0.05) is 28.8 Å². The number of rotatable bonds is 3. The second-order valence-corrected chi connectivity index (χ2v) is 8.31. The van der Waals surface area contributed by atoms with Crippen LogP contribution in [0.15, 0.2) is 83.3 Å². The number of nitrogens with two attached hydrogens (primary N) is 1. The molecule has 1 atom stereocenters. The lowest BCUT2D eigenvalue weighted by atomic mass is 9.75. The standard InChI is InChI=1S/C25H20ClN5O/c26-17-11-9-15(10-12-17)19-13-22(30-29-19)31-20-7-4-8-21(32)24(20)23(18(14-27)25(31)28)16-5-2-1-3-6-16/h1-3,5-6,9-13,23H,4,7-8,28H2,(H,29,30). The molecule has 32 heavy (non-hydrogen) atoms. The van der Waals surface area contributed by atoms with Crippen molar-refractivity contribution in [3.63, 3.8) is 0 Å². The Labute approximate surface area is 190 Å². The van der Waals surface area contributed by atoms with Crippen LogP contribution in [0, 0.1) is 11.3 Å². The van der Waals surface area contributed by atoms with E-state index < -0.39 is 5.92 Å². The third-order valence-electron chi connectivity index (χ3n) is 5.99. The number of anilines is 1. The number of nitrogens with one attached hydrogen (secondary N) is 1. The molecule has 0 saturated carbocycles. The van der Waals surface area contributed by atoms with Gasteiger partial charge >= 0.3 is 0 Å².